The quantitative estimate of drug-likeness (QED) is 0.599. The molecule has 3 fully saturated rings. The van der Waals surface area contributed by atoms with Gasteiger partial charge < -0.3 is 15.5 Å². The van der Waals surface area contributed by atoms with Gasteiger partial charge in [-0.05, 0) is 38.1 Å². The molecule has 10 heteroatoms. The zero-order valence-electron chi connectivity index (χ0n) is 14.7. The normalized spacial score (nSPS) is 30.3. The molecule has 2 amide bonds. The largest absolute Gasteiger partial charge is 0.354 e. The first-order valence-corrected chi connectivity index (χ1v) is 9.26. The van der Waals surface area contributed by atoms with Crippen molar-refractivity contribution in [1.82, 2.24) is 36.2 Å². The number of hydrogen-bond acceptors (Lipinski definition) is 6. The first kappa shape index (κ1) is 19.0. The Hall–Kier alpha value is -1.74. The van der Waals surface area contributed by atoms with E-state index in [-0.39, 0.29) is 42.2 Å². The molecule has 3 N–H and O–H groups in total. The maximum atomic E-state index is 12.9. The van der Waals surface area contributed by atoms with Crippen molar-refractivity contribution in [2.75, 3.05) is 19.6 Å². The van der Waals surface area contributed by atoms with Gasteiger partial charge in [0.25, 0.3) is 0 Å². The molecule has 1 aromatic heterocycles. The molecule has 4 atom stereocenters. The molecule has 26 heavy (non-hydrogen) atoms. The molecule has 1 aromatic rings. The fourth-order valence-electron chi connectivity index (χ4n) is 4.70. The van der Waals surface area contributed by atoms with Gasteiger partial charge in [-0.25, -0.2) is 0 Å². The van der Waals surface area contributed by atoms with Crippen molar-refractivity contribution in [1.29, 1.82) is 0 Å². The molecule has 144 valence electrons. The van der Waals surface area contributed by atoms with Gasteiger partial charge in [0.1, 0.15) is 6.04 Å². The Balaban J connectivity index is 0.00000196. The van der Waals surface area contributed by atoms with Gasteiger partial charge in [-0.3, -0.25) is 9.59 Å². The van der Waals surface area contributed by atoms with E-state index in [9.17, 15) is 9.59 Å². The number of carbonyl (C=O) groups is 2. The van der Waals surface area contributed by atoms with Crippen LogP contribution < -0.4 is 10.6 Å². The average Bonchev–Trinajstić information content (AvgIpc) is 3.13. The van der Waals surface area contributed by atoms with Crippen LogP contribution >= 0.6 is 12.4 Å². The number of aromatic nitrogens is 4. The lowest BCUT2D eigenvalue weighted by molar-refractivity contribution is -0.157. The van der Waals surface area contributed by atoms with E-state index >= 15 is 0 Å². The average molecular weight is 384 g/mol. The third-order valence-electron chi connectivity index (χ3n) is 5.78. The number of H-pyrrole nitrogens is 1. The molecule has 9 nitrogen and oxygen atoms in total. The number of fused-ring (bicyclic) bond motifs is 4. The molecule has 3 aliphatic heterocycles. The summed E-state index contributed by atoms with van der Waals surface area (Å²) in [6.45, 7) is 2.33. The lowest BCUT2D eigenvalue weighted by atomic mass is 9.72. The number of rotatable bonds is 5. The maximum Gasteiger partial charge on any atom is 0.243 e. The smallest absolute Gasteiger partial charge is 0.243 e. The summed E-state index contributed by atoms with van der Waals surface area (Å²) in [6, 6.07) is -0.104. The van der Waals surface area contributed by atoms with Crippen LogP contribution in [0.1, 0.15) is 37.9 Å². The predicted octanol–water partition coefficient (Wildman–Crippen LogP) is -0.341. The Kier molecular flexibility index (Phi) is 6.08. The molecule has 3 saturated heterocycles. The van der Waals surface area contributed by atoms with E-state index in [1.165, 1.54) is 0 Å². The van der Waals surface area contributed by atoms with Crippen LogP contribution in [0.5, 0.6) is 0 Å². The number of halogens is 1. The number of tetrazole rings is 1. The van der Waals surface area contributed by atoms with Crippen LogP contribution in [0.3, 0.4) is 0 Å². The van der Waals surface area contributed by atoms with Crippen LogP contribution in [0.25, 0.3) is 0 Å². The number of piperidine rings is 3. The first-order chi connectivity index (χ1) is 12.2. The predicted molar refractivity (Wildman–Crippen MR) is 95.5 cm³/mol. The van der Waals surface area contributed by atoms with E-state index in [2.05, 4.69) is 31.3 Å². The molecule has 4 rings (SSSR count). The summed E-state index contributed by atoms with van der Waals surface area (Å²) in [7, 11) is 0. The highest BCUT2D eigenvalue weighted by molar-refractivity contribution is 5.89. The SMILES string of the molecule is Cl.O=C(NCCCc1nn[nH]n1)[C@H]1[C@@H]2CNC[C@@H](C2)[C@@H]2CCCC(=O)N21. The van der Waals surface area contributed by atoms with Gasteiger partial charge in [-0.2, -0.15) is 5.21 Å². The Morgan fingerprint density at radius 3 is 2.96 bits per heavy atom. The van der Waals surface area contributed by atoms with Gasteiger partial charge in [0.15, 0.2) is 5.82 Å². The number of hydrogen-bond donors (Lipinski definition) is 3. The van der Waals surface area contributed by atoms with Gasteiger partial charge in [0, 0.05) is 37.9 Å². The Morgan fingerprint density at radius 2 is 2.15 bits per heavy atom. The second-order valence-electron chi connectivity index (χ2n) is 7.34. The van der Waals surface area contributed by atoms with Crippen LogP contribution in [0.2, 0.25) is 0 Å². The number of amides is 2. The van der Waals surface area contributed by atoms with Crippen LogP contribution in [0.15, 0.2) is 0 Å². The molecule has 4 heterocycles. The van der Waals surface area contributed by atoms with Crippen molar-refractivity contribution in [3.8, 4) is 0 Å². The minimum absolute atomic E-state index is 0. The van der Waals surface area contributed by atoms with E-state index < -0.39 is 0 Å². The van der Waals surface area contributed by atoms with Crippen molar-refractivity contribution in [2.24, 2.45) is 11.8 Å². The van der Waals surface area contributed by atoms with E-state index in [0.29, 0.717) is 31.1 Å². The second kappa shape index (κ2) is 8.30. The summed E-state index contributed by atoms with van der Waals surface area (Å²) in [5.41, 5.74) is 0. The molecule has 3 aliphatic rings. The second-order valence-corrected chi connectivity index (χ2v) is 7.34. The van der Waals surface area contributed by atoms with E-state index in [1.54, 1.807) is 0 Å². The first-order valence-electron chi connectivity index (χ1n) is 9.26. The highest BCUT2D eigenvalue weighted by Crippen LogP contribution is 2.39. The van der Waals surface area contributed by atoms with E-state index in [0.717, 1.165) is 38.8 Å². The van der Waals surface area contributed by atoms with Gasteiger partial charge >= 0.3 is 0 Å². The summed E-state index contributed by atoms with van der Waals surface area (Å²) in [4.78, 5) is 27.4. The number of carbonyl (C=O) groups excluding carboxylic acids is 2. The third kappa shape index (κ3) is 3.68. The number of aryl methyl sites for hydroxylation is 1. The fourth-order valence-corrected chi connectivity index (χ4v) is 4.70. The van der Waals surface area contributed by atoms with Crippen molar-refractivity contribution in [2.45, 2.75) is 50.6 Å². The number of aromatic amines is 1. The highest BCUT2D eigenvalue weighted by atomic mass is 35.5. The molecule has 0 saturated carbocycles. The Morgan fingerprint density at radius 1 is 1.31 bits per heavy atom. The van der Waals surface area contributed by atoms with Gasteiger partial charge in [-0.15, -0.1) is 22.6 Å². The van der Waals surface area contributed by atoms with Crippen molar-refractivity contribution in [3.05, 3.63) is 5.82 Å². The molecule has 2 bridgehead atoms. The van der Waals surface area contributed by atoms with Crippen molar-refractivity contribution < 1.29 is 9.59 Å². The zero-order valence-corrected chi connectivity index (χ0v) is 15.5. The molecule has 0 spiro atoms. The van der Waals surface area contributed by atoms with Gasteiger partial charge in [-0.1, -0.05) is 5.21 Å². The lowest BCUT2D eigenvalue weighted by Gasteiger charge is -2.53. The third-order valence-corrected chi connectivity index (χ3v) is 5.78. The molecule has 0 unspecified atom stereocenters. The molecule has 0 aliphatic carbocycles. The summed E-state index contributed by atoms with van der Waals surface area (Å²) < 4.78 is 0. The summed E-state index contributed by atoms with van der Waals surface area (Å²) in [5, 5.41) is 20.2. The molecular weight excluding hydrogens is 358 g/mol. The Bertz CT molecular complexity index is 626. The van der Waals surface area contributed by atoms with Crippen LogP contribution in [-0.4, -0.2) is 69.1 Å². The van der Waals surface area contributed by atoms with Gasteiger partial charge in [0.2, 0.25) is 11.8 Å². The van der Waals surface area contributed by atoms with Crippen LogP contribution in [0, 0.1) is 11.8 Å². The minimum atomic E-state index is -0.327. The zero-order chi connectivity index (χ0) is 17.2. The maximum absolute atomic E-state index is 12.9. The summed E-state index contributed by atoms with van der Waals surface area (Å²) >= 11 is 0. The van der Waals surface area contributed by atoms with Crippen LogP contribution in [-0.2, 0) is 16.0 Å². The van der Waals surface area contributed by atoms with Crippen molar-refractivity contribution in [3.63, 3.8) is 0 Å². The lowest BCUT2D eigenvalue weighted by Crippen LogP contribution is -2.68. The molecule has 0 aromatic carbocycles. The highest BCUT2D eigenvalue weighted by Gasteiger charge is 2.50. The number of nitrogens with zero attached hydrogens (tertiary/aromatic N) is 4. The van der Waals surface area contributed by atoms with E-state index in [1.807, 2.05) is 4.90 Å². The van der Waals surface area contributed by atoms with Crippen molar-refractivity contribution >= 4 is 24.2 Å². The van der Waals surface area contributed by atoms with Gasteiger partial charge in [0.05, 0.1) is 0 Å². The fraction of sp³-hybridized carbons (Fsp3) is 0.812. The topological polar surface area (TPSA) is 116 Å². The Labute approximate surface area is 158 Å². The number of nitrogens with one attached hydrogen (secondary N) is 3. The monoisotopic (exact) mass is 383 g/mol. The standard InChI is InChI=1S/C16H25N7O2.ClH/c24-14-5-1-3-12-10-7-11(9-17-8-10)15(23(12)14)16(25)18-6-2-4-13-19-21-22-20-13;/h10-12,15,17H,1-9H2,(H,18,25)(H,19,20,21,22);1H/t10-,11+,12+,15-;/m1./s1. The molecular formula is C16H26ClN7O2. The van der Waals surface area contributed by atoms with Crippen LogP contribution in [0.4, 0.5) is 0 Å². The molecule has 0 radical (unpaired) electrons. The minimum Gasteiger partial charge on any atom is -0.354 e. The summed E-state index contributed by atoms with van der Waals surface area (Å²) in [5.74, 6) is 1.50. The summed E-state index contributed by atoms with van der Waals surface area (Å²) in [6.07, 6.45) is 5.00. The van der Waals surface area contributed by atoms with E-state index in [4.69, 9.17) is 0 Å².